The SMILES string of the molecule is CCOC(=O)c1cc(-c2cccnc2)nc(C)c1O. The molecule has 0 spiro atoms. The molecule has 0 fully saturated rings. The van der Waals surface area contributed by atoms with Gasteiger partial charge in [-0.1, -0.05) is 0 Å². The molecule has 98 valence electrons. The fourth-order valence-corrected chi connectivity index (χ4v) is 1.69. The van der Waals surface area contributed by atoms with Crippen LogP contribution in [0.15, 0.2) is 30.6 Å². The molecule has 5 heteroatoms. The molecule has 0 unspecified atom stereocenters. The predicted octanol–water partition coefficient (Wildman–Crippen LogP) is 2.33. The molecule has 0 aliphatic rings. The Kier molecular flexibility index (Phi) is 3.75. The highest BCUT2D eigenvalue weighted by Crippen LogP contribution is 2.26. The van der Waals surface area contributed by atoms with Crippen molar-refractivity contribution in [3.8, 4) is 17.0 Å². The predicted molar refractivity (Wildman–Crippen MR) is 69.8 cm³/mol. The fraction of sp³-hybridized carbons (Fsp3) is 0.214. The number of carbonyl (C=O) groups excluding carboxylic acids is 1. The number of esters is 1. The van der Waals surface area contributed by atoms with Gasteiger partial charge >= 0.3 is 5.97 Å². The van der Waals surface area contributed by atoms with Crippen LogP contribution in [0.4, 0.5) is 0 Å². The van der Waals surface area contributed by atoms with Crippen molar-refractivity contribution >= 4 is 5.97 Å². The molecule has 0 atom stereocenters. The van der Waals surface area contributed by atoms with Gasteiger partial charge in [-0.2, -0.15) is 0 Å². The Bertz CT molecular complexity index is 597. The maximum atomic E-state index is 11.8. The van der Waals surface area contributed by atoms with Crippen LogP contribution >= 0.6 is 0 Å². The summed E-state index contributed by atoms with van der Waals surface area (Å²) in [6, 6.07) is 5.13. The van der Waals surface area contributed by atoms with E-state index in [0.717, 1.165) is 5.56 Å². The van der Waals surface area contributed by atoms with Gasteiger partial charge < -0.3 is 9.84 Å². The minimum absolute atomic E-state index is 0.119. The van der Waals surface area contributed by atoms with Gasteiger partial charge in [0.2, 0.25) is 0 Å². The van der Waals surface area contributed by atoms with E-state index in [4.69, 9.17) is 4.74 Å². The van der Waals surface area contributed by atoms with E-state index in [9.17, 15) is 9.90 Å². The van der Waals surface area contributed by atoms with E-state index in [1.807, 2.05) is 6.07 Å². The van der Waals surface area contributed by atoms with Crippen molar-refractivity contribution < 1.29 is 14.6 Å². The van der Waals surface area contributed by atoms with Crippen LogP contribution in [0.1, 0.15) is 23.0 Å². The van der Waals surface area contributed by atoms with Crippen LogP contribution in [0, 0.1) is 6.92 Å². The number of aryl methyl sites for hydroxylation is 1. The molecule has 2 rings (SSSR count). The number of hydrogen-bond acceptors (Lipinski definition) is 5. The summed E-state index contributed by atoms with van der Waals surface area (Å²) in [5.74, 6) is -0.707. The number of ether oxygens (including phenoxy) is 1. The molecule has 2 heterocycles. The lowest BCUT2D eigenvalue weighted by Gasteiger charge is -2.09. The lowest BCUT2D eigenvalue weighted by Crippen LogP contribution is -2.07. The summed E-state index contributed by atoms with van der Waals surface area (Å²) in [5.41, 5.74) is 1.85. The lowest BCUT2D eigenvalue weighted by atomic mass is 10.1. The van der Waals surface area contributed by atoms with Crippen molar-refractivity contribution in [3.63, 3.8) is 0 Å². The summed E-state index contributed by atoms with van der Waals surface area (Å²) in [6.07, 6.45) is 3.30. The minimum atomic E-state index is -0.560. The second-order valence-corrected chi connectivity index (χ2v) is 3.95. The third kappa shape index (κ3) is 2.70. The smallest absolute Gasteiger partial charge is 0.342 e. The van der Waals surface area contributed by atoms with Crippen LogP contribution in [-0.2, 0) is 4.74 Å². The molecule has 0 aliphatic heterocycles. The monoisotopic (exact) mass is 258 g/mol. The zero-order chi connectivity index (χ0) is 13.8. The van der Waals surface area contributed by atoms with E-state index >= 15 is 0 Å². The van der Waals surface area contributed by atoms with E-state index in [2.05, 4.69) is 9.97 Å². The first-order valence-electron chi connectivity index (χ1n) is 5.91. The van der Waals surface area contributed by atoms with Gasteiger partial charge in [0.15, 0.2) is 5.75 Å². The highest BCUT2D eigenvalue weighted by molar-refractivity contribution is 5.93. The second kappa shape index (κ2) is 5.48. The first-order valence-corrected chi connectivity index (χ1v) is 5.91. The van der Waals surface area contributed by atoms with Crippen molar-refractivity contribution in [2.45, 2.75) is 13.8 Å². The number of pyridine rings is 2. The first kappa shape index (κ1) is 13.0. The summed E-state index contributed by atoms with van der Waals surface area (Å²) < 4.78 is 4.91. The summed E-state index contributed by atoms with van der Waals surface area (Å²) in [7, 11) is 0. The topological polar surface area (TPSA) is 72.3 Å². The first-order chi connectivity index (χ1) is 9.13. The van der Waals surface area contributed by atoms with Gasteiger partial charge in [-0.05, 0) is 32.0 Å². The molecule has 0 amide bonds. The van der Waals surface area contributed by atoms with E-state index in [0.29, 0.717) is 11.4 Å². The van der Waals surface area contributed by atoms with E-state index in [1.54, 1.807) is 32.3 Å². The Morgan fingerprint density at radius 1 is 1.47 bits per heavy atom. The van der Waals surface area contributed by atoms with E-state index < -0.39 is 5.97 Å². The fourth-order valence-electron chi connectivity index (χ4n) is 1.69. The van der Waals surface area contributed by atoms with Crippen LogP contribution in [0.2, 0.25) is 0 Å². The van der Waals surface area contributed by atoms with Crippen molar-refractivity contribution in [2.75, 3.05) is 6.61 Å². The molecule has 2 aromatic heterocycles. The molecule has 2 aromatic rings. The normalized spacial score (nSPS) is 10.2. The van der Waals surface area contributed by atoms with Gasteiger partial charge in [-0.15, -0.1) is 0 Å². The molecule has 0 saturated heterocycles. The standard InChI is InChI=1S/C14H14N2O3/c1-3-19-14(18)11-7-12(16-9(2)13(11)17)10-5-4-6-15-8-10/h4-8,17H,3H2,1-2H3. The van der Waals surface area contributed by atoms with Gasteiger partial charge in [-0.3, -0.25) is 4.98 Å². The van der Waals surface area contributed by atoms with Gasteiger partial charge in [0, 0.05) is 18.0 Å². The third-order valence-electron chi connectivity index (χ3n) is 2.62. The van der Waals surface area contributed by atoms with Gasteiger partial charge in [0.1, 0.15) is 5.56 Å². The Balaban J connectivity index is 2.51. The molecular weight excluding hydrogens is 244 g/mol. The summed E-state index contributed by atoms with van der Waals surface area (Å²) in [5, 5.41) is 9.89. The molecule has 1 N–H and O–H groups in total. The maximum Gasteiger partial charge on any atom is 0.342 e. The number of carbonyl (C=O) groups is 1. The van der Waals surface area contributed by atoms with Crippen molar-refractivity contribution in [1.82, 2.24) is 9.97 Å². The molecule has 0 aliphatic carbocycles. The maximum absolute atomic E-state index is 11.8. The number of aromatic hydroxyl groups is 1. The van der Waals surface area contributed by atoms with Crippen LogP contribution in [-0.4, -0.2) is 27.7 Å². The second-order valence-electron chi connectivity index (χ2n) is 3.95. The minimum Gasteiger partial charge on any atom is -0.505 e. The van der Waals surface area contributed by atoms with E-state index in [1.165, 1.54) is 6.07 Å². The average molecular weight is 258 g/mol. The molecular formula is C14H14N2O3. The lowest BCUT2D eigenvalue weighted by molar-refractivity contribution is 0.0522. The van der Waals surface area contributed by atoms with Gasteiger partial charge in [0.05, 0.1) is 18.0 Å². The Morgan fingerprint density at radius 3 is 2.89 bits per heavy atom. The summed E-state index contributed by atoms with van der Waals surface area (Å²) in [6.45, 7) is 3.60. The highest BCUT2D eigenvalue weighted by atomic mass is 16.5. The zero-order valence-electron chi connectivity index (χ0n) is 10.8. The molecule has 0 aromatic carbocycles. The largest absolute Gasteiger partial charge is 0.505 e. The van der Waals surface area contributed by atoms with Crippen LogP contribution in [0.5, 0.6) is 5.75 Å². The van der Waals surface area contributed by atoms with Crippen LogP contribution in [0.25, 0.3) is 11.3 Å². The molecule has 0 saturated carbocycles. The quantitative estimate of drug-likeness (QED) is 0.855. The van der Waals surface area contributed by atoms with Gasteiger partial charge in [0.25, 0.3) is 0 Å². The molecule has 19 heavy (non-hydrogen) atoms. The Hall–Kier alpha value is -2.43. The van der Waals surface area contributed by atoms with Crippen LogP contribution in [0.3, 0.4) is 0 Å². The van der Waals surface area contributed by atoms with Crippen molar-refractivity contribution in [2.24, 2.45) is 0 Å². The zero-order valence-corrected chi connectivity index (χ0v) is 10.8. The molecule has 0 radical (unpaired) electrons. The van der Waals surface area contributed by atoms with E-state index in [-0.39, 0.29) is 17.9 Å². The van der Waals surface area contributed by atoms with Crippen LogP contribution < -0.4 is 0 Å². The summed E-state index contributed by atoms with van der Waals surface area (Å²) >= 11 is 0. The molecule has 0 bridgehead atoms. The third-order valence-corrected chi connectivity index (χ3v) is 2.62. The number of aromatic nitrogens is 2. The molecule has 5 nitrogen and oxygen atoms in total. The Morgan fingerprint density at radius 2 is 2.26 bits per heavy atom. The number of nitrogens with zero attached hydrogens (tertiary/aromatic N) is 2. The van der Waals surface area contributed by atoms with Gasteiger partial charge in [-0.25, -0.2) is 9.78 Å². The Labute approximate surface area is 110 Å². The summed E-state index contributed by atoms with van der Waals surface area (Å²) in [4.78, 5) is 20.0. The average Bonchev–Trinajstić information content (AvgIpc) is 2.43. The number of rotatable bonds is 3. The number of hydrogen-bond donors (Lipinski definition) is 1. The van der Waals surface area contributed by atoms with Crippen molar-refractivity contribution in [1.29, 1.82) is 0 Å². The van der Waals surface area contributed by atoms with Crippen molar-refractivity contribution in [3.05, 3.63) is 41.9 Å². The highest BCUT2D eigenvalue weighted by Gasteiger charge is 2.17.